The van der Waals surface area contributed by atoms with Crippen molar-refractivity contribution in [3.8, 4) is 0 Å². The fourth-order valence-electron chi connectivity index (χ4n) is 1.55. The van der Waals surface area contributed by atoms with Crippen molar-refractivity contribution < 1.29 is 4.79 Å². The highest BCUT2D eigenvalue weighted by molar-refractivity contribution is 9.10. The second-order valence-electron chi connectivity index (χ2n) is 3.99. The van der Waals surface area contributed by atoms with E-state index in [-0.39, 0.29) is 5.91 Å². The van der Waals surface area contributed by atoms with Crippen LogP contribution < -0.4 is 11.1 Å². The van der Waals surface area contributed by atoms with Crippen molar-refractivity contribution >= 4 is 44.5 Å². The fourth-order valence-corrected chi connectivity index (χ4v) is 2.81. The largest absolute Gasteiger partial charge is 0.398 e. The number of aryl methyl sites for hydroxylation is 1. The molecule has 2 rings (SSSR count). The number of amides is 1. The molecule has 0 radical (unpaired) electrons. The summed E-state index contributed by atoms with van der Waals surface area (Å²) in [7, 11) is 0. The van der Waals surface area contributed by atoms with Gasteiger partial charge in [0.2, 0.25) is 5.91 Å². The number of hydrogen-bond acceptors (Lipinski definition) is 3. The number of halogens is 1. The van der Waals surface area contributed by atoms with Crippen molar-refractivity contribution in [2.24, 2.45) is 0 Å². The van der Waals surface area contributed by atoms with Gasteiger partial charge in [0, 0.05) is 15.0 Å². The summed E-state index contributed by atoms with van der Waals surface area (Å²) < 4.78 is 0.841. The van der Waals surface area contributed by atoms with Crippen LogP contribution in [0, 0.1) is 6.92 Å². The highest BCUT2D eigenvalue weighted by Gasteiger charge is 2.09. The van der Waals surface area contributed by atoms with Crippen LogP contribution in [0.2, 0.25) is 0 Å². The molecule has 0 spiro atoms. The molecule has 0 bridgehead atoms. The third-order valence-corrected chi connectivity index (χ3v) is 4.08. The molecule has 0 aliphatic rings. The van der Waals surface area contributed by atoms with Gasteiger partial charge in [0.1, 0.15) is 0 Å². The molecule has 0 unspecified atom stereocenters. The fraction of sp³-hybridized carbons (Fsp3) is 0.154. The quantitative estimate of drug-likeness (QED) is 0.848. The molecule has 1 aromatic carbocycles. The summed E-state index contributed by atoms with van der Waals surface area (Å²) >= 11 is 4.99. The molecule has 0 fully saturated rings. The third kappa shape index (κ3) is 3.11. The predicted molar refractivity (Wildman–Crippen MR) is 79.9 cm³/mol. The van der Waals surface area contributed by atoms with Crippen LogP contribution in [0.15, 0.2) is 34.1 Å². The Bertz CT molecular complexity index is 567. The lowest BCUT2D eigenvalue weighted by atomic mass is 10.2. The van der Waals surface area contributed by atoms with Crippen LogP contribution in [0.4, 0.5) is 11.4 Å². The molecule has 0 saturated heterocycles. The average Bonchev–Trinajstić information content (AvgIpc) is 2.78. The first-order valence-electron chi connectivity index (χ1n) is 5.44. The van der Waals surface area contributed by atoms with Gasteiger partial charge in [0.25, 0.3) is 0 Å². The molecule has 3 nitrogen and oxygen atoms in total. The van der Waals surface area contributed by atoms with Gasteiger partial charge in [-0.2, -0.15) is 0 Å². The minimum atomic E-state index is -0.0404. The Labute approximate surface area is 118 Å². The van der Waals surface area contributed by atoms with E-state index < -0.39 is 0 Å². The lowest BCUT2D eigenvalue weighted by molar-refractivity contribution is -0.115. The van der Waals surface area contributed by atoms with E-state index in [1.54, 1.807) is 17.4 Å². The summed E-state index contributed by atoms with van der Waals surface area (Å²) in [5.41, 5.74) is 8.19. The summed E-state index contributed by atoms with van der Waals surface area (Å²) in [5, 5.41) is 4.82. The van der Waals surface area contributed by atoms with Crippen molar-refractivity contribution in [3.63, 3.8) is 0 Å². The van der Waals surface area contributed by atoms with E-state index >= 15 is 0 Å². The van der Waals surface area contributed by atoms with Crippen LogP contribution in [-0.2, 0) is 11.2 Å². The molecule has 5 heteroatoms. The SMILES string of the molecule is Cc1cc(Br)c(NC(=O)Cc2cccs2)cc1N. The molecule has 0 saturated carbocycles. The molecule has 0 aliphatic heterocycles. The molecular formula is C13H13BrN2OS. The van der Waals surface area contributed by atoms with E-state index in [0.717, 1.165) is 14.9 Å². The first kappa shape index (κ1) is 13.1. The summed E-state index contributed by atoms with van der Waals surface area (Å²) in [6, 6.07) is 7.55. The van der Waals surface area contributed by atoms with Crippen LogP contribution in [0.5, 0.6) is 0 Å². The maximum absolute atomic E-state index is 11.9. The molecule has 94 valence electrons. The van der Waals surface area contributed by atoms with Gasteiger partial charge in [-0.15, -0.1) is 11.3 Å². The number of rotatable bonds is 3. The van der Waals surface area contributed by atoms with E-state index in [1.807, 2.05) is 30.5 Å². The first-order chi connectivity index (χ1) is 8.56. The lowest BCUT2D eigenvalue weighted by Crippen LogP contribution is -2.14. The van der Waals surface area contributed by atoms with Gasteiger partial charge in [-0.3, -0.25) is 4.79 Å². The van der Waals surface area contributed by atoms with E-state index in [0.29, 0.717) is 17.8 Å². The maximum Gasteiger partial charge on any atom is 0.229 e. The molecule has 1 heterocycles. The zero-order valence-corrected chi connectivity index (χ0v) is 12.3. The summed E-state index contributed by atoms with van der Waals surface area (Å²) in [5.74, 6) is -0.0404. The number of hydrogen-bond donors (Lipinski definition) is 2. The van der Waals surface area contributed by atoms with Crippen molar-refractivity contribution in [1.82, 2.24) is 0 Å². The van der Waals surface area contributed by atoms with E-state index in [1.165, 1.54) is 0 Å². The average molecular weight is 325 g/mol. The van der Waals surface area contributed by atoms with Gasteiger partial charge >= 0.3 is 0 Å². The Morgan fingerprint density at radius 1 is 1.50 bits per heavy atom. The molecule has 1 amide bonds. The van der Waals surface area contributed by atoms with Gasteiger partial charge in [-0.05, 0) is 52.0 Å². The van der Waals surface area contributed by atoms with Crippen molar-refractivity contribution in [1.29, 1.82) is 0 Å². The summed E-state index contributed by atoms with van der Waals surface area (Å²) in [6.07, 6.45) is 0.387. The number of nitrogens with two attached hydrogens (primary N) is 1. The van der Waals surface area contributed by atoms with Crippen LogP contribution in [0.3, 0.4) is 0 Å². The Morgan fingerprint density at radius 2 is 2.28 bits per heavy atom. The minimum absolute atomic E-state index is 0.0404. The van der Waals surface area contributed by atoms with Crippen molar-refractivity contribution in [2.45, 2.75) is 13.3 Å². The molecule has 2 aromatic rings. The number of nitrogens with one attached hydrogen (secondary N) is 1. The molecule has 3 N–H and O–H groups in total. The normalized spacial score (nSPS) is 10.3. The van der Waals surface area contributed by atoms with E-state index in [9.17, 15) is 4.79 Å². The highest BCUT2D eigenvalue weighted by atomic mass is 79.9. The Morgan fingerprint density at radius 3 is 2.94 bits per heavy atom. The number of nitrogen functional groups attached to an aromatic ring is 1. The van der Waals surface area contributed by atoms with E-state index in [2.05, 4.69) is 21.2 Å². The number of anilines is 2. The van der Waals surface area contributed by atoms with Gasteiger partial charge in [0.05, 0.1) is 12.1 Å². The molecular weight excluding hydrogens is 312 g/mol. The lowest BCUT2D eigenvalue weighted by Gasteiger charge is -2.09. The molecule has 18 heavy (non-hydrogen) atoms. The minimum Gasteiger partial charge on any atom is -0.398 e. The van der Waals surface area contributed by atoms with Crippen LogP contribution in [0.1, 0.15) is 10.4 Å². The molecule has 0 aliphatic carbocycles. The maximum atomic E-state index is 11.9. The van der Waals surface area contributed by atoms with Crippen molar-refractivity contribution in [2.75, 3.05) is 11.1 Å². The van der Waals surface area contributed by atoms with Gasteiger partial charge < -0.3 is 11.1 Å². The zero-order valence-electron chi connectivity index (χ0n) is 9.87. The van der Waals surface area contributed by atoms with Gasteiger partial charge in [-0.1, -0.05) is 6.07 Å². The zero-order chi connectivity index (χ0) is 13.1. The topological polar surface area (TPSA) is 55.1 Å². The monoisotopic (exact) mass is 324 g/mol. The second kappa shape index (κ2) is 5.54. The molecule has 0 atom stereocenters. The number of carbonyl (C=O) groups excluding carboxylic acids is 1. The Balaban J connectivity index is 2.09. The van der Waals surface area contributed by atoms with Crippen molar-refractivity contribution in [3.05, 3.63) is 44.6 Å². The smallest absolute Gasteiger partial charge is 0.229 e. The summed E-state index contributed by atoms with van der Waals surface area (Å²) in [4.78, 5) is 12.9. The first-order valence-corrected chi connectivity index (χ1v) is 7.11. The van der Waals surface area contributed by atoms with Crippen LogP contribution in [0.25, 0.3) is 0 Å². The predicted octanol–water partition coefficient (Wildman–Crippen LogP) is 3.58. The third-order valence-electron chi connectivity index (χ3n) is 2.54. The number of benzene rings is 1. The Kier molecular flexibility index (Phi) is 4.04. The van der Waals surface area contributed by atoms with Crippen LogP contribution in [-0.4, -0.2) is 5.91 Å². The van der Waals surface area contributed by atoms with Gasteiger partial charge in [-0.25, -0.2) is 0 Å². The standard InChI is InChI=1S/C13H13BrN2OS/c1-8-5-10(14)12(7-11(8)15)16-13(17)6-9-3-2-4-18-9/h2-5,7H,6,15H2,1H3,(H,16,17). The second-order valence-corrected chi connectivity index (χ2v) is 5.88. The van der Waals surface area contributed by atoms with Crippen LogP contribution >= 0.6 is 27.3 Å². The van der Waals surface area contributed by atoms with Gasteiger partial charge in [0.15, 0.2) is 0 Å². The van der Waals surface area contributed by atoms with E-state index in [4.69, 9.17) is 5.73 Å². The number of carbonyl (C=O) groups is 1. The Hall–Kier alpha value is -1.33. The highest BCUT2D eigenvalue weighted by Crippen LogP contribution is 2.28. The molecule has 1 aromatic heterocycles. The summed E-state index contributed by atoms with van der Waals surface area (Å²) in [6.45, 7) is 1.93. The number of thiophene rings is 1.